The van der Waals surface area contributed by atoms with Gasteiger partial charge < -0.3 is 4.18 Å². The molecule has 0 saturated carbocycles. The van der Waals surface area contributed by atoms with Crippen LogP contribution in [0.4, 0.5) is 13.2 Å². The van der Waals surface area contributed by atoms with Crippen LogP contribution < -0.4 is 0 Å². The quantitative estimate of drug-likeness (QED) is 0.231. The van der Waals surface area contributed by atoms with Crippen molar-refractivity contribution in [1.82, 2.24) is 0 Å². The monoisotopic (exact) mass is 443 g/mol. The first-order chi connectivity index (χ1) is 13.6. The molecule has 0 aromatic heterocycles. The molecule has 0 spiro atoms. The lowest BCUT2D eigenvalue weighted by molar-refractivity contribution is -0.137. The summed E-state index contributed by atoms with van der Waals surface area (Å²) in [7, 11) is -4.23. The Morgan fingerprint density at radius 2 is 1.76 bits per heavy atom. The highest BCUT2D eigenvalue weighted by Crippen LogP contribution is 2.38. The minimum atomic E-state index is -4.78. The number of alkyl halides is 3. The minimum absolute atomic E-state index is 0.176. The van der Waals surface area contributed by atoms with Gasteiger partial charge >= 0.3 is 16.3 Å². The molecule has 9 heteroatoms. The van der Waals surface area contributed by atoms with Gasteiger partial charge in [0.25, 0.3) is 0 Å². The molecule has 2 aromatic rings. The average Bonchev–Trinajstić information content (AvgIpc) is 2.67. The van der Waals surface area contributed by atoms with Crippen molar-refractivity contribution in [3.05, 3.63) is 70.2 Å². The second-order valence-corrected chi connectivity index (χ2v) is 8.19. The number of benzene rings is 2. The summed E-state index contributed by atoms with van der Waals surface area (Å²) < 4.78 is 70.5. The molecule has 0 heterocycles. The third kappa shape index (κ3) is 5.99. The fourth-order valence-corrected chi connectivity index (χ4v) is 3.78. The normalized spacial score (nSPS) is 12.8. The van der Waals surface area contributed by atoms with Gasteiger partial charge in [-0.3, -0.25) is 0 Å². The van der Waals surface area contributed by atoms with E-state index in [4.69, 9.17) is 15.8 Å². The number of halogens is 4. The highest BCUT2D eigenvalue weighted by molar-refractivity contribution is 7.86. The average molecular weight is 444 g/mol. The minimum Gasteiger partial charge on any atom is -0.380 e. The fraction of sp³-hybridized carbons (Fsp3) is 0.250. The molecule has 29 heavy (non-hydrogen) atoms. The number of rotatable bonds is 7. The van der Waals surface area contributed by atoms with Gasteiger partial charge in [0.15, 0.2) is 5.76 Å². The zero-order chi connectivity index (χ0) is 21.7. The lowest BCUT2D eigenvalue weighted by Crippen LogP contribution is -2.14. The van der Waals surface area contributed by atoms with Crippen molar-refractivity contribution >= 4 is 33.1 Å². The van der Waals surface area contributed by atoms with Crippen LogP contribution in [0.1, 0.15) is 36.5 Å². The first kappa shape index (κ1) is 22.8. The second-order valence-electron chi connectivity index (χ2n) is 6.06. The number of hydrogen-bond donors (Lipinski definition) is 0. The SMILES string of the molecule is CCCCS(=O)(=O)OC(=C(C#N)c1ccc(Cl)cc1)c1ccccc1C(F)(F)F. The molecular formula is C20H17ClF3NO3S. The molecule has 0 radical (unpaired) electrons. The molecule has 0 bridgehead atoms. The van der Waals surface area contributed by atoms with E-state index in [-0.39, 0.29) is 23.3 Å². The molecule has 2 aromatic carbocycles. The third-order valence-electron chi connectivity index (χ3n) is 3.91. The molecule has 0 saturated heterocycles. The van der Waals surface area contributed by atoms with E-state index in [0.29, 0.717) is 11.4 Å². The van der Waals surface area contributed by atoms with Crippen LogP contribution in [0.25, 0.3) is 11.3 Å². The molecule has 4 nitrogen and oxygen atoms in total. The Labute approximate surface area is 172 Å². The highest BCUT2D eigenvalue weighted by atomic mass is 35.5. The van der Waals surface area contributed by atoms with Crippen molar-refractivity contribution in [3.63, 3.8) is 0 Å². The molecule has 0 atom stereocenters. The Kier molecular flexibility index (Phi) is 7.33. The molecule has 0 unspecified atom stereocenters. The van der Waals surface area contributed by atoms with Gasteiger partial charge in [-0.05, 0) is 30.2 Å². The van der Waals surface area contributed by atoms with E-state index in [1.165, 1.54) is 36.4 Å². The summed E-state index contributed by atoms with van der Waals surface area (Å²) in [6.45, 7) is 1.76. The lowest BCUT2D eigenvalue weighted by atomic mass is 9.98. The number of nitriles is 1. The van der Waals surface area contributed by atoms with Gasteiger partial charge in [-0.15, -0.1) is 0 Å². The molecule has 0 N–H and O–H groups in total. The smallest absolute Gasteiger partial charge is 0.380 e. The molecule has 154 valence electrons. The van der Waals surface area contributed by atoms with E-state index < -0.39 is 33.2 Å². The van der Waals surface area contributed by atoms with Crippen LogP contribution in [0.5, 0.6) is 0 Å². The number of allylic oxidation sites excluding steroid dienone is 1. The molecule has 2 rings (SSSR count). The van der Waals surface area contributed by atoms with Gasteiger partial charge in [0, 0.05) is 10.6 Å². The summed E-state index contributed by atoms with van der Waals surface area (Å²) in [5, 5.41) is 10.00. The predicted molar refractivity (Wildman–Crippen MR) is 105 cm³/mol. The topological polar surface area (TPSA) is 67.2 Å². The Morgan fingerprint density at radius 1 is 1.14 bits per heavy atom. The summed E-state index contributed by atoms with van der Waals surface area (Å²) >= 11 is 5.83. The second kappa shape index (κ2) is 9.33. The molecular weight excluding hydrogens is 427 g/mol. The van der Waals surface area contributed by atoms with E-state index in [1.807, 2.05) is 0 Å². The summed E-state index contributed by atoms with van der Waals surface area (Å²) in [5.74, 6) is -1.06. The van der Waals surface area contributed by atoms with E-state index in [1.54, 1.807) is 13.0 Å². The van der Waals surface area contributed by atoms with Crippen LogP contribution >= 0.6 is 11.6 Å². The van der Waals surface area contributed by atoms with Crippen molar-refractivity contribution in [2.75, 3.05) is 5.75 Å². The summed E-state index contributed by atoms with van der Waals surface area (Å²) in [5.41, 5.74) is -1.82. The lowest BCUT2D eigenvalue weighted by Gasteiger charge is -2.17. The van der Waals surface area contributed by atoms with Crippen molar-refractivity contribution in [3.8, 4) is 6.07 Å². The zero-order valence-electron chi connectivity index (χ0n) is 15.3. The van der Waals surface area contributed by atoms with Crippen molar-refractivity contribution in [2.24, 2.45) is 0 Å². The molecule has 0 aliphatic carbocycles. The van der Waals surface area contributed by atoms with E-state index in [9.17, 15) is 26.9 Å². The van der Waals surface area contributed by atoms with Crippen molar-refractivity contribution in [1.29, 1.82) is 5.26 Å². The molecule has 0 aliphatic heterocycles. The summed E-state index contributed by atoms with van der Waals surface area (Å²) in [6, 6.07) is 11.8. The van der Waals surface area contributed by atoms with Crippen LogP contribution in [0, 0.1) is 11.3 Å². The van der Waals surface area contributed by atoms with Gasteiger partial charge in [0.05, 0.1) is 11.3 Å². The van der Waals surface area contributed by atoms with E-state index in [2.05, 4.69) is 0 Å². The maximum absolute atomic E-state index is 13.5. The Balaban J connectivity index is 2.77. The first-order valence-corrected chi connectivity index (χ1v) is 10.5. The van der Waals surface area contributed by atoms with Crippen LogP contribution in [-0.4, -0.2) is 14.2 Å². The standard InChI is InChI=1S/C20H17ClF3NO3S/c1-2-3-12-29(26,27)28-19(16-6-4-5-7-18(16)20(22,23)24)17(13-25)14-8-10-15(21)11-9-14/h4-11H,2-3,12H2,1H3. The van der Waals surface area contributed by atoms with Gasteiger partial charge in [-0.25, -0.2) is 0 Å². The molecule has 0 aliphatic rings. The Hall–Kier alpha value is -2.50. The van der Waals surface area contributed by atoms with Gasteiger partial charge in [0.2, 0.25) is 0 Å². The number of unbranched alkanes of at least 4 members (excludes halogenated alkanes) is 1. The van der Waals surface area contributed by atoms with Crippen LogP contribution in [0.15, 0.2) is 48.5 Å². The van der Waals surface area contributed by atoms with E-state index >= 15 is 0 Å². The molecule has 0 amide bonds. The summed E-state index contributed by atoms with van der Waals surface area (Å²) in [4.78, 5) is 0. The fourth-order valence-electron chi connectivity index (χ4n) is 2.50. The summed E-state index contributed by atoms with van der Waals surface area (Å²) in [6.07, 6.45) is -3.97. The van der Waals surface area contributed by atoms with Crippen LogP contribution in [-0.2, 0) is 20.5 Å². The van der Waals surface area contributed by atoms with Crippen LogP contribution in [0.2, 0.25) is 5.02 Å². The number of hydrogen-bond acceptors (Lipinski definition) is 4. The molecule has 0 fully saturated rings. The maximum Gasteiger partial charge on any atom is 0.417 e. The highest BCUT2D eigenvalue weighted by Gasteiger charge is 2.36. The third-order valence-corrected chi connectivity index (χ3v) is 5.37. The van der Waals surface area contributed by atoms with Crippen molar-refractivity contribution < 1.29 is 25.8 Å². The van der Waals surface area contributed by atoms with Gasteiger partial charge in [0.1, 0.15) is 11.6 Å². The predicted octanol–water partition coefficient (Wildman–Crippen LogP) is 5.90. The zero-order valence-corrected chi connectivity index (χ0v) is 16.9. The van der Waals surface area contributed by atoms with E-state index in [0.717, 1.165) is 12.1 Å². The van der Waals surface area contributed by atoms with Gasteiger partial charge in [-0.1, -0.05) is 55.3 Å². The Morgan fingerprint density at radius 3 is 2.31 bits per heavy atom. The largest absolute Gasteiger partial charge is 0.417 e. The first-order valence-electron chi connectivity index (χ1n) is 8.58. The number of nitrogens with zero attached hydrogens (tertiary/aromatic N) is 1. The Bertz CT molecular complexity index is 1040. The van der Waals surface area contributed by atoms with Gasteiger partial charge in [-0.2, -0.15) is 26.9 Å². The van der Waals surface area contributed by atoms with Crippen molar-refractivity contribution in [2.45, 2.75) is 25.9 Å². The van der Waals surface area contributed by atoms with Crippen LogP contribution in [0.3, 0.4) is 0 Å². The maximum atomic E-state index is 13.5.